The van der Waals surface area contributed by atoms with Crippen molar-refractivity contribution in [1.82, 2.24) is 19.9 Å². The minimum atomic E-state index is 0.0448. The number of nitrogens with zero attached hydrogens (tertiary/aromatic N) is 4. The first-order chi connectivity index (χ1) is 8.54. The summed E-state index contributed by atoms with van der Waals surface area (Å²) in [6.07, 6.45) is 4.70. The van der Waals surface area contributed by atoms with Gasteiger partial charge in [0.2, 0.25) is 5.91 Å². The smallest absolute Gasteiger partial charge is 0.244 e. The average molecular weight is 253 g/mol. The summed E-state index contributed by atoms with van der Waals surface area (Å²) < 4.78 is 1.60. The molecule has 0 bridgehead atoms. The second-order valence-electron chi connectivity index (χ2n) is 4.75. The fourth-order valence-corrected chi connectivity index (χ4v) is 1.52. The summed E-state index contributed by atoms with van der Waals surface area (Å²) in [6, 6.07) is 0.199. The minimum absolute atomic E-state index is 0.0448. The van der Waals surface area contributed by atoms with Gasteiger partial charge in [0.05, 0.1) is 5.69 Å². The summed E-state index contributed by atoms with van der Waals surface area (Å²) in [5.41, 5.74) is 6.35. The van der Waals surface area contributed by atoms with E-state index in [1.807, 2.05) is 20.0 Å². The lowest BCUT2D eigenvalue weighted by atomic mass is 10.2. The van der Waals surface area contributed by atoms with Crippen molar-refractivity contribution < 1.29 is 4.79 Å². The molecule has 1 aromatic heterocycles. The van der Waals surface area contributed by atoms with Crippen molar-refractivity contribution in [2.75, 3.05) is 13.6 Å². The number of hydrogen-bond donors (Lipinski definition) is 1. The van der Waals surface area contributed by atoms with Crippen LogP contribution in [0.25, 0.3) is 0 Å². The maximum atomic E-state index is 11.8. The molecule has 0 atom stereocenters. The Hall–Kier alpha value is -1.43. The molecule has 0 radical (unpaired) electrons. The van der Waals surface area contributed by atoms with E-state index in [0.29, 0.717) is 6.54 Å². The van der Waals surface area contributed by atoms with Gasteiger partial charge in [0, 0.05) is 19.3 Å². The third-order valence-electron chi connectivity index (χ3n) is 2.94. The van der Waals surface area contributed by atoms with Crippen LogP contribution in [-0.4, -0.2) is 45.4 Å². The van der Waals surface area contributed by atoms with Gasteiger partial charge in [-0.1, -0.05) is 5.21 Å². The molecule has 0 aliphatic rings. The predicted octanol–water partition coefficient (Wildman–Crippen LogP) is 0.426. The van der Waals surface area contributed by atoms with Gasteiger partial charge in [0.15, 0.2) is 0 Å². The number of likely N-dealkylation sites (N-methyl/N-ethyl adjacent to an activating group) is 1. The van der Waals surface area contributed by atoms with Crippen LogP contribution in [0.4, 0.5) is 0 Å². The molecule has 1 aromatic rings. The number of unbranched alkanes of at least 4 members (excludes halogenated alkanes) is 1. The molecule has 1 heterocycles. The number of aryl methyl sites for hydroxylation is 1. The zero-order chi connectivity index (χ0) is 13.5. The molecule has 0 spiro atoms. The van der Waals surface area contributed by atoms with Gasteiger partial charge in [0.25, 0.3) is 0 Å². The van der Waals surface area contributed by atoms with E-state index in [-0.39, 0.29) is 18.5 Å². The van der Waals surface area contributed by atoms with Crippen molar-refractivity contribution in [2.24, 2.45) is 5.73 Å². The molecule has 0 aromatic carbocycles. The normalized spacial score (nSPS) is 10.9. The SMILES string of the molecule is CC(C)N(C)C(=O)Cn1cc(CCCCN)nn1. The standard InChI is InChI=1S/C12H23N5O/c1-10(2)16(3)12(18)9-17-8-11(14-15-17)6-4-5-7-13/h8,10H,4-7,9,13H2,1-3H3. The summed E-state index contributed by atoms with van der Waals surface area (Å²) >= 11 is 0. The van der Waals surface area contributed by atoms with Crippen LogP contribution in [0, 0.1) is 0 Å². The molecule has 102 valence electrons. The Morgan fingerprint density at radius 1 is 1.50 bits per heavy atom. The highest BCUT2D eigenvalue weighted by Gasteiger charge is 2.13. The summed E-state index contributed by atoms with van der Waals surface area (Å²) in [5.74, 6) is 0.0448. The summed E-state index contributed by atoms with van der Waals surface area (Å²) in [4.78, 5) is 13.5. The molecule has 2 N–H and O–H groups in total. The lowest BCUT2D eigenvalue weighted by Crippen LogP contribution is -2.35. The van der Waals surface area contributed by atoms with E-state index in [4.69, 9.17) is 5.73 Å². The maximum absolute atomic E-state index is 11.8. The highest BCUT2D eigenvalue weighted by Crippen LogP contribution is 2.02. The van der Waals surface area contributed by atoms with Crippen LogP contribution in [0.3, 0.4) is 0 Å². The van der Waals surface area contributed by atoms with E-state index < -0.39 is 0 Å². The molecule has 1 rings (SSSR count). The molecule has 0 aliphatic carbocycles. The molecule has 18 heavy (non-hydrogen) atoms. The van der Waals surface area contributed by atoms with Crippen LogP contribution in [0.5, 0.6) is 0 Å². The lowest BCUT2D eigenvalue weighted by molar-refractivity contribution is -0.132. The molecule has 0 saturated carbocycles. The van der Waals surface area contributed by atoms with E-state index >= 15 is 0 Å². The topological polar surface area (TPSA) is 77.0 Å². The van der Waals surface area contributed by atoms with Crippen LogP contribution >= 0.6 is 0 Å². The average Bonchev–Trinajstić information content (AvgIpc) is 2.76. The van der Waals surface area contributed by atoms with Crippen LogP contribution in [-0.2, 0) is 17.8 Å². The Kier molecular flexibility index (Phi) is 5.77. The van der Waals surface area contributed by atoms with Gasteiger partial charge in [-0.25, -0.2) is 4.68 Å². The molecule has 6 heteroatoms. The summed E-state index contributed by atoms with van der Waals surface area (Å²) in [5, 5.41) is 8.01. The fraction of sp³-hybridized carbons (Fsp3) is 0.750. The zero-order valence-corrected chi connectivity index (χ0v) is 11.5. The predicted molar refractivity (Wildman–Crippen MR) is 69.9 cm³/mol. The van der Waals surface area contributed by atoms with Gasteiger partial charge in [-0.05, 0) is 39.7 Å². The molecule has 0 aliphatic heterocycles. The highest BCUT2D eigenvalue weighted by atomic mass is 16.2. The molecule has 0 fully saturated rings. The Labute approximate surface area is 108 Å². The van der Waals surface area contributed by atoms with E-state index in [1.165, 1.54) is 0 Å². The molecule has 6 nitrogen and oxygen atoms in total. The lowest BCUT2D eigenvalue weighted by Gasteiger charge is -2.20. The third-order valence-corrected chi connectivity index (χ3v) is 2.94. The van der Waals surface area contributed by atoms with Gasteiger partial charge in [0.1, 0.15) is 6.54 Å². The van der Waals surface area contributed by atoms with E-state index in [0.717, 1.165) is 25.0 Å². The highest BCUT2D eigenvalue weighted by molar-refractivity contribution is 5.75. The monoisotopic (exact) mass is 253 g/mol. The van der Waals surface area contributed by atoms with Crippen LogP contribution in [0.15, 0.2) is 6.20 Å². The molecular weight excluding hydrogens is 230 g/mol. The van der Waals surface area contributed by atoms with E-state index in [2.05, 4.69) is 10.3 Å². The van der Waals surface area contributed by atoms with Crippen molar-refractivity contribution in [2.45, 2.75) is 45.7 Å². The number of nitrogens with two attached hydrogens (primary N) is 1. The second-order valence-corrected chi connectivity index (χ2v) is 4.75. The molecule has 0 unspecified atom stereocenters. The Morgan fingerprint density at radius 2 is 2.22 bits per heavy atom. The number of carbonyl (C=O) groups is 1. The van der Waals surface area contributed by atoms with Gasteiger partial charge < -0.3 is 10.6 Å². The first kappa shape index (κ1) is 14.6. The molecule has 1 amide bonds. The van der Waals surface area contributed by atoms with Gasteiger partial charge in [-0.3, -0.25) is 4.79 Å². The van der Waals surface area contributed by atoms with Crippen LogP contribution in [0.1, 0.15) is 32.4 Å². The fourth-order valence-electron chi connectivity index (χ4n) is 1.52. The first-order valence-corrected chi connectivity index (χ1v) is 6.39. The zero-order valence-electron chi connectivity index (χ0n) is 11.5. The van der Waals surface area contributed by atoms with E-state index in [9.17, 15) is 4.79 Å². The van der Waals surface area contributed by atoms with Crippen molar-refractivity contribution in [3.05, 3.63) is 11.9 Å². The van der Waals surface area contributed by atoms with Crippen molar-refractivity contribution in [3.8, 4) is 0 Å². The summed E-state index contributed by atoms with van der Waals surface area (Å²) in [7, 11) is 1.80. The number of carbonyl (C=O) groups excluding carboxylic acids is 1. The number of aromatic nitrogens is 3. The Balaban J connectivity index is 2.46. The Bertz CT molecular complexity index is 374. The van der Waals surface area contributed by atoms with Crippen LogP contribution < -0.4 is 5.73 Å². The number of amides is 1. The molecule has 0 saturated heterocycles. The number of rotatable bonds is 7. The summed E-state index contributed by atoms with van der Waals surface area (Å²) in [6.45, 7) is 4.92. The third kappa shape index (κ3) is 4.44. The van der Waals surface area contributed by atoms with Gasteiger partial charge in [-0.2, -0.15) is 0 Å². The van der Waals surface area contributed by atoms with Crippen molar-refractivity contribution in [3.63, 3.8) is 0 Å². The van der Waals surface area contributed by atoms with Gasteiger partial charge >= 0.3 is 0 Å². The number of hydrogen-bond acceptors (Lipinski definition) is 4. The van der Waals surface area contributed by atoms with Crippen molar-refractivity contribution in [1.29, 1.82) is 0 Å². The van der Waals surface area contributed by atoms with E-state index in [1.54, 1.807) is 16.6 Å². The quantitative estimate of drug-likeness (QED) is 0.715. The largest absolute Gasteiger partial charge is 0.342 e. The molecular formula is C12H23N5O. The second kappa shape index (κ2) is 7.10. The van der Waals surface area contributed by atoms with Crippen LogP contribution in [0.2, 0.25) is 0 Å². The van der Waals surface area contributed by atoms with Crippen molar-refractivity contribution >= 4 is 5.91 Å². The maximum Gasteiger partial charge on any atom is 0.244 e. The minimum Gasteiger partial charge on any atom is -0.342 e. The Morgan fingerprint density at radius 3 is 2.83 bits per heavy atom. The first-order valence-electron chi connectivity index (χ1n) is 6.39. The van der Waals surface area contributed by atoms with Gasteiger partial charge in [-0.15, -0.1) is 5.10 Å².